The number of benzene rings is 1. The maximum atomic E-state index is 12.3. The molecule has 1 aliphatic carbocycles. The molecule has 5 heteroatoms. The van der Waals surface area contributed by atoms with E-state index in [4.69, 9.17) is 11.5 Å². The molecule has 0 heterocycles. The maximum absolute atomic E-state index is 12.3. The average molecular weight is 275 g/mol. The van der Waals surface area contributed by atoms with Gasteiger partial charge in [-0.1, -0.05) is 12.8 Å². The van der Waals surface area contributed by atoms with Crippen molar-refractivity contribution in [2.24, 2.45) is 17.4 Å². The summed E-state index contributed by atoms with van der Waals surface area (Å²) in [6, 6.07) is 4.94. The number of aryl methyl sites for hydroxylation is 1. The molecule has 0 spiro atoms. The van der Waals surface area contributed by atoms with Gasteiger partial charge in [0.05, 0.1) is 5.92 Å². The van der Waals surface area contributed by atoms with Gasteiger partial charge in [0.2, 0.25) is 11.8 Å². The van der Waals surface area contributed by atoms with Gasteiger partial charge < -0.3 is 16.8 Å². The van der Waals surface area contributed by atoms with Gasteiger partial charge in [-0.3, -0.25) is 9.59 Å². The molecule has 0 aromatic heterocycles. The van der Waals surface area contributed by atoms with Crippen LogP contribution in [0.1, 0.15) is 41.6 Å². The lowest BCUT2D eigenvalue weighted by Gasteiger charge is -2.27. The van der Waals surface area contributed by atoms with Crippen LogP contribution in [0.25, 0.3) is 0 Å². The Labute approximate surface area is 118 Å². The summed E-state index contributed by atoms with van der Waals surface area (Å²) in [4.78, 5) is 23.4. The SMILES string of the molecule is Cc1cc(C(N)=O)ccc1NC(=O)C1CCCCC1N. The van der Waals surface area contributed by atoms with Crippen LogP contribution in [0.15, 0.2) is 18.2 Å². The van der Waals surface area contributed by atoms with E-state index in [1.807, 2.05) is 6.92 Å². The Kier molecular flexibility index (Phi) is 4.39. The zero-order valence-corrected chi connectivity index (χ0v) is 11.7. The highest BCUT2D eigenvalue weighted by Crippen LogP contribution is 2.25. The molecule has 5 nitrogen and oxygen atoms in total. The molecule has 0 radical (unpaired) electrons. The Morgan fingerprint density at radius 2 is 1.95 bits per heavy atom. The van der Waals surface area contributed by atoms with Gasteiger partial charge in [-0.25, -0.2) is 0 Å². The van der Waals surface area contributed by atoms with Crippen molar-refractivity contribution in [2.75, 3.05) is 5.32 Å². The van der Waals surface area contributed by atoms with E-state index in [1.165, 1.54) is 0 Å². The first kappa shape index (κ1) is 14.5. The number of primary amides is 1. The summed E-state index contributed by atoms with van der Waals surface area (Å²) in [7, 11) is 0. The molecule has 0 bridgehead atoms. The van der Waals surface area contributed by atoms with Gasteiger partial charge in [-0.2, -0.15) is 0 Å². The number of hydrogen-bond acceptors (Lipinski definition) is 3. The molecule has 108 valence electrons. The summed E-state index contributed by atoms with van der Waals surface area (Å²) in [5.74, 6) is -0.633. The minimum Gasteiger partial charge on any atom is -0.366 e. The number of hydrogen-bond donors (Lipinski definition) is 3. The summed E-state index contributed by atoms with van der Waals surface area (Å²) < 4.78 is 0. The first-order valence-corrected chi connectivity index (χ1v) is 6.96. The number of nitrogens with two attached hydrogens (primary N) is 2. The Hall–Kier alpha value is -1.88. The van der Waals surface area contributed by atoms with Crippen molar-refractivity contribution in [1.82, 2.24) is 0 Å². The Bertz CT molecular complexity index is 528. The van der Waals surface area contributed by atoms with Crippen molar-refractivity contribution in [2.45, 2.75) is 38.6 Å². The van der Waals surface area contributed by atoms with Gasteiger partial charge in [0.25, 0.3) is 0 Å². The third kappa shape index (κ3) is 3.17. The third-order valence-electron chi connectivity index (χ3n) is 3.92. The first-order chi connectivity index (χ1) is 9.49. The summed E-state index contributed by atoms with van der Waals surface area (Å²) >= 11 is 0. The highest BCUT2D eigenvalue weighted by molar-refractivity contribution is 5.96. The molecular weight excluding hydrogens is 254 g/mol. The highest BCUT2D eigenvalue weighted by atomic mass is 16.2. The molecule has 2 unspecified atom stereocenters. The molecule has 1 aromatic rings. The minimum atomic E-state index is -0.472. The number of carbonyl (C=O) groups excluding carboxylic acids is 2. The molecule has 0 saturated heterocycles. The zero-order valence-electron chi connectivity index (χ0n) is 11.7. The molecule has 1 aliphatic rings. The highest BCUT2D eigenvalue weighted by Gasteiger charge is 2.28. The molecule has 2 atom stereocenters. The molecule has 20 heavy (non-hydrogen) atoms. The van der Waals surface area contributed by atoms with Crippen molar-refractivity contribution < 1.29 is 9.59 Å². The van der Waals surface area contributed by atoms with Gasteiger partial charge in [0.15, 0.2) is 0 Å². The molecular formula is C15H21N3O2. The molecule has 2 rings (SSSR count). The van der Waals surface area contributed by atoms with Crippen LogP contribution in [0.4, 0.5) is 5.69 Å². The van der Waals surface area contributed by atoms with E-state index in [1.54, 1.807) is 18.2 Å². The first-order valence-electron chi connectivity index (χ1n) is 6.96. The van der Waals surface area contributed by atoms with Gasteiger partial charge >= 0.3 is 0 Å². The van der Waals surface area contributed by atoms with Gasteiger partial charge in [-0.05, 0) is 43.5 Å². The van der Waals surface area contributed by atoms with Crippen LogP contribution in [0, 0.1) is 12.8 Å². The van der Waals surface area contributed by atoms with Crippen LogP contribution < -0.4 is 16.8 Å². The largest absolute Gasteiger partial charge is 0.366 e. The summed E-state index contributed by atoms with van der Waals surface area (Å²) in [5, 5.41) is 2.91. The summed E-state index contributed by atoms with van der Waals surface area (Å²) in [6.45, 7) is 1.84. The number of carbonyl (C=O) groups is 2. The molecule has 2 amide bonds. The van der Waals surface area contributed by atoms with E-state index in [0.29, 0.717) is 11.3 Å². The second-order valence-electron chi connectivity index (χ2n) is 5.44. The van der Waals surface area contributed by atoms with E-state index in [2.05, 4.69) is 5.32 Å². The van der Waals surface area contributed by atoms with Crippen molar-refractivity contribution in [3.05, 3.63) is 29.3 Å². The molecule has 0 aliphatic heterocycles. The van der Waals surface area contributed by atoms with E-state index >= 15 is 0 Å². The third-order valence-corrected chi connectivity index (χ3v) is 3.92. The Morgan fingerprint density at radius 1 is 1.25 bits per heavy atom. The lowest BCUT2D eigenvalue weighted by Crippen LogP contribution is -2.40. The predicted molar refractivity (Wildman–Crippen MR) is 78.3 cm³/mol. The number of rotatable bonds is 3. The van der Waals surface area contributed by atoms with Gasteiger partial charge in [0, 0.05) is 17.3 Å². The van der Waals surface area contributed by atoms with E-state index in [-0.39, 0.29) is 17.9 Å². The fraction of sp³-hybridized carbons (Fsp3) is 0.467. The van der Waals surface area contributed by atoms with Crippen molar-refractivity contribution in [1.29, 1.82) is 0 Å². The Morgan fingerprint density at radius 3 is 2.55 bits per heavy atom. The zero-order chi connectivity index (χ0) is 14.7. The fourth-order valence-electron chi connectivity index (χ4n) is 2.67. The average Bonchev–Trinajstić information content (AvgIpc) is 2.41. The quantitative estimate of drug-likeness (QED) is 0.780. The topological polar surface area (TPSA) is 98.2 Å². The van der Waals surface area contributed by atoms with Crippen LogP contribution in [0.2, 0.25) is 0 Å². The van der Waals surface area contributed by atoms with E-state index in [0.717, 1.165) is 31.2 Å². The van der Waals surface area contributed by atoms with Crippen LogP contribution >= 0.6 is 0 Å². The lowest BCUT2D eigenvalue weighted by molar-refractivity contribution is -0.121. The predicted octanol–water partition coefficient (Wildman–Crippen LogP) is 1.55. The monoisotopic (exact) mass is 275 g/mol. The van der Waals surface area contributed by atoms with Gasteiger partial charge in [0.1, 0.15) is 0 Å². The number of nitrogens with one attached hydrogen (secondary N) is 1. The second kappa shape index (κ2) is 6.05. The molecule has 1 saturated carbocycles. The second-order valence-corrected chi connectivity index (χ2v) is 5.44. The smallest absolute Gasteiger partial charge is 0.248 e. The van der Waals surface area contributed by atoms with Crippen molar-refractivity contribution in [3.8, 4) is 0 Å². The Balaban J connectivity index is 2.09. The fourth-order valence-corrected chi connectivity index (χ4v) is 2.67. The number of anilines is 1. The van der Waals surface area contributed by atoms with Crippen LogP contribution in [0.5, 0.6) is 0 Å². The van der Waals surface area contributed by atoms with Crippen LogP contribution in [0.3, 0.4) is 0 Å². The minimum absolute atomic E-state index is 0.0351. The lowest BCUT2D eigenvalue weighted by atomic mass is 9.84. The maximum Gasteiger partial charge on any atom is 0.248 e. The van der Waals surface area contributed by atoms with Gasteiger partial charge in [-0.15, -0.1) is 0 Å². The standard InChI is InChI=1S/C15H21N3O2/c1-9-8-10(14(17)19)6-7-13(9)18-15(20)11-4-2-3-5-12(11)16/h6-8,11-12H,2-5,16H2,1H3,(H2,17,19)(H,18,20). The van der Waals surface area contributed by atoms with Crippen LogP contribution in [-0.2, 0) is 4.79 Å². The van der Waals surface area contributed by atoms with E-state index in [9.17, 15) is 9.59 Å². The summed E-state index contributed by atoms with van der Waals surface area (Å²) in [6.07, 6.45) is 3.88. The molecule has 1 fully saturated rings. The van der Waals surface area contributed by atoms with Crippen LogP contribution in [-0.4, -0.2) is 17.9 Å². The molecule has 1 aromatic carbocycles. The van der Waals surface area contributed by atoms with Crippen molar-refractivity contribution in [3.63, 3.8) is 0 Å². The molecule has 5 N–H and O–H groups in total. The normalized spacial score (nSPS) is 22.3. The number of amides is 2. The van der Waals surface area contributed by atoms with Crippen molar-refractivity contribution >= 4 is 17.5 Å². The van der Waals surface area contributed by atoms with E-state index < -0.39 is 5.91 Å². The summed E-state index contributed by atoms with van der Waals surface area (Å²) in [5.41, 5.74) is 13.2.